The fourth-order valence-electron chi connectivity index (χ4n) is 5.66. The molecule has 0 bridgehead atoms. The lowest BCUT2D eigenvalue weighted by Gasteiger charge is -2.35. The van der Waals surface area contributed by atoms with Crippen molar-refractivity contribution in [2.24, 2.45) is 22.6 Å². The molecule has 3 N–H and O–H groups in total. The molecule has 1 saturated heterocycles. The van der Waals surface area contributed by atoms with Gasteiger partial charge in [-0.25, -0.2) is 4.99 Å². The second-order valence-electron chi connectivity index (χ2n) is 9.52. The number of likely N-dealkylation sites (tertiary alicyclic amines) is 1. The zero-order valence-electron chi connectivity index (χ0n) is 17.8. The van der Waals surface area contributed by atoms with Crippen LogP contribution >= 0.6 is 0 Å². The van der Waals surface area contributed by atoms with Crippen molar-refractivity contribution in [1.29, 1.82) is 0 Å². The summed E-state index contributed by atoms with van der Waals surface area (Å²) in [5, 5.41) is 11.1. The van der Waals surface area contributed by atoms with Crippen LogP contribution in [0.2, 0.25) is 0 Å². The SMILES string of the molecule is CN1C(N)=N[C@@](CCC2CCCCC2)(C[C@H]2CCN(Cc3ccccn3)C2)C1O. The Bertz CT molecular complexity index is 690. The summed E-state index contributed by atoms with van der Waals surface area (Å²) < 4.78 is 0. The third-order valence-electron chi connectivity index (χ3n) is 7.38. The van der Waals surface area contributed by atoms with Crippen LogP contribution in [0.5, 0.6) is 0 Å². The summed E-state index contributed by atoms with van der Waals surface area (Å²) in [4.78, 5) is 13.6. The number of nitrogens with two attached hydrogens (primary N) is 1. The van der Waals surface area contributed by atoms with Crippen LogP contribution in [0.4, 0.5) is 0 Å². The molecule has 3 heterocycles. The molecule has 4 rings (SSSR count). The maximum atomic E-state index is 11.1. The van der Waals surface area contributed by atoms with Crippen LogP contribution in [0, 0.1) is 11.8 Å². The van der Waals surface area contributed by atoms with E-state index in [1.54, 1.807) is 4.90 Å². The van der Waals surface area contributed by atoms with Gasteiger partial charge in [0.05, 0.1) is 5.69 Å². The van der Waals surface area contributed by atoms with Gasteiger partial charge < -0.3 is 15.7 Å². The molecule has 0 aromatic carbocycles. The smallest absolute Gasteiger partial charge is 0.193 e. The minimum Gasteiger partial charge on any atom is -0.371 e. The van der Waals surface area contributed by atoms with Crippen molar-refractivity contribution in [2.75, 3.05) is 20.1 Å². The molecule has 3 atom stereocenters. The number of hydrogen-bond acceptors (Lipinski definition) is 6. The molecule has 0 spiro atoms. The Balaban J connectivity index is 1.39. The Kier molecular flexibility index (Phi) is 6.40. The van der Waals surface area contributed by atoms with E-state index in [1.165, 1.54) is 32.1 Å². The average Bonchev–Trinajstić information content (AvgIpc) is 3.26. The molecule has 1 aliphatic carbocycles. The summed E-state index contributed by atoms with van der Waals surface area (Å²) in [7, 11) is 1.87. The monoisotopic (exact) mass is 399 g/mol. The van der Waals surface area contributed by atoms with E-state index in [0.717, 1.165) is 56.9 Å². The Morgan fingerprint density at radius 1 is 1.17 bits per heavy atom. The van der Waals surface area contributed by atoms with Gasteiger partial charge >= 0.3 is 0 Å². The lowest BCUT2D eigenvalue weighted by molar-refractivity contribution is -0.000526. The van der Waals surface area contributed by atoms with E-state index in [-0.39, 0.29) is 0 Å². The summed E-state index contributed by atoms with van der Waals surface area (Å²) >= 11 is 0. The van der Waals surface area contributed by atoms with Crippen molar-refractivity contribution in [1.82, 2.24) is 14.8 Å². The molecule has 2 aliphatic heterocycles. The highest BCUT2D eigenvalue weighted by molar-refractivity contribution is 5.80. The van der Waals surface area contributed by atoms with E-state index in [4.69, 9.17) is 10.7 Å². The molecule has 0 radical (unpaired) electrons. The zero-order valence-corrected chi connectivity index (χ0v) is 17.8. The Hall–Kier alpha value is -1.66. The van der Waals surface area contributed by atoms with Crippen LogP contribution in [0.1, 0.15) is 63.5 Å². The molecular formula is C23H37N5O. The molecule has 1 aromatic heterocycles. The summed E-state index contributed by atoms with van der Waals surface area (Å²) in [5.41, 5.74) is 6.84. The number of aliphatic imine (C=N–C) groups is 1. The van der Waals surface area contributed by atoms with E-state index < -0.39 is 11.8 Å². The highest BCUT2D eigenvalue weighted by Crippen LogP contribution is 2.40. The molecule has 0 amide bonds. The number of aliphatic hydroxyl groups is 1. The molecule has 1 aromatic rings. The first kappa shape index (κ1) is 20.6. The number of likely N-dealkylation sites (N-methyl/N-ethyl adjacent to an activating group) is 1. The zero-order chi connectivity index (χ0) is 20.3. The van der Waals surface area contributed by atoms with Gasteiger partial charge in [-0.05, 0) is 56.2 Å². The van der Waals surface area contributed by atoms with E-state index in [1.807, 2.05) is 19.3 Å². The van der Waals surface area contributed by atoms with Crippen LogP contribution in [-0.4, -0.2) is 57.8 Å². The molecular weight excluding hydrogens is 362 g/mol. The van der Waals surface area contributed by atoms with Gasteiger partial charge in [0.25, 0.3) is 0 Å². The predicted molar refractivity (Wildman–Crippen MR) is 116 cm³/mol. The summed E-state index contributed by atoms with van der Waals surface area (Å²) in [6, 6.07) is 6.12. The number of pyridine rings is 1. The van der Waals surface area contributed by atoms with E-state index in [2.05, 4.69) is 22.0 Å². The van der Waals surface area contributed by atoms with E-state index >= 15 is 0 Å². The number of nitrogens with zero attached hydrogens (tertiary/aromatic N) is 4. The number of rotatable bonds is 7. The van der Waals surface area contributed by atoms with Gasteiger partial charge in [0, 0.05) is 26.3 Å². The van der Waals surface area contributed by atoms with Crippen molar-refractivity contribution in [3.8, 4) is 0 Å². The molecule has 6 nitrogen and oxygen atoms in total. The van der Waals surface area contributed by atoms with Gasteiger partial charge in [-0.15, -0.1) is 0 Å². The number of guanidine groups is 1. The van der Waals surface area contributed by atoms with Crippen LogP contribution < -0.4 is 5.73 Å². The van der Waals surface area contributed by atoms with Gasteiger partial charge in [-0.2, -0.15) is 0 Å². The standard InChI is InChI=1S/C23H37N5O/c1-27-21(29)23(26-22(27)24,12-10-18-7-3-2-4-8-18)15-19-11-14-28(16-19)17-20-9-5-6-13-25-20/h5-6,9,13,18-19,21,29H,2-4,7-8,10-12,14-17H2,1H3,(H2,24,26)/t19-,21?,23+/m1/s1. The largest absolute Gasteiger partial charge is 0.371 e. The van der Waals surface area contributed by atoms with Gasteiger partial charge in [-0.3, -0.25) is 9.88 Å². The van der Waals surface area contributed by atoms with Gasteiger partial charge in [0.15, 0.2) is 12.2 Å². The van der Waals surface area contributed by atoms with Crippen molar-refractivity contribution < 1.29 is 5.11 Å². The quantitative estimate of drug-likeness (QED) is 0.737. The van der Waals surface area contributed by atoms with Crippen molar-refractivity contribution >= 4 is 5.96 Å². The second kappa shape index (κ2) is 9.00. The molecule has 29 heavy (non-hydrogen) atoms. The van der Waals surface area contributed by atoms with Gasteiger partial charge in [0.1, 0.15) is 5.54 Å². The highest BCUT2D eigenvalue weighted by atomic mass is 16.3. The minimum absolute atomic E-state index is 0.443. The first-order chi connectivity index (χ1) is 14.1. The maximum absolute atomic E-state index is 11.1. The number of aromatic nitrogens is 1. The topological polar surface area (TPSA) is 78.0 Å². The molecule has 160 valence electrons. The van der Waals surface area contributed by atoms with E-state index in [9.17, 15) is 5.11 Å². The fraction of sp³-hybridized carbons (Fsp3) is 0.739. The third-order valence-corrected chi connectivity index (χ3v) is 7.38. The lowest BCUT2D eigenvalue weighted by atomic mass is 9.78. The Labute approximate surface area is 175 Å². The first-order valence-electron chi connectivity index (χ1n) is 11.4. The highest BCUT2D eigenvalue weighted by Gasteiger charge is 2.48. The Morgan fingerprint density at radius 3 is 2.69 bits per heavy atom. The molecule has 2 fully saturated rings. The maximum Gasteiger partial charge on any atom is 0.193 e. The van der Waals surface area contributed by atoms with Crippen LogP contribution in [-0.2, 0) is 6.54 Å². The van der Waals surface area contributed by atoms with Crippen LogP contribution in [0.25, 0.3) is 0 Å². The van der Waals surface area contributed by atoms with Crippen molar-refractivity contribution in [3.63, 3.8) is 0 Å². The normalized spacial score (nSPS) is 31.4. The molecule has 1 saturated carbocycles. The van der Waals surface area contributed by atoms with Crippen LogP contribution in [0.15, 0.2) is 29.4 Å². The summed E-state index contributed by atoms with van der Waals surface area (Å²) in [6.07, 6.45) is 12.2. The van der Waals surface area contributed by atoms with Crippen LogP contribution in [0.3, 0.4) is 0 Å². The van der Waals surface area contributed by atoms with E-state index in [0.29, 0.717) is 11.9 Å². The summed E-state index contributed by atoms with van der Waals surface area (Å²) in [6.45, 7) is 3.04. The molecule has 3 aliphatic rings. The van der Waals surface area contributed by atoms with Crippen molar-refractivity contribution in [2.45, 2.75) is 76.1 Å². The predicted octanol–water partition coefficient (Wildman–Crippen LogP) is 2.97. The van der Waals surface area contributed by atoms with Gasteiger partial charge in [0.2, 0.25) is 0 Å². The molecule has 1 unspecified atom stereocenters. The number of aliphatic hydroxyl groups excluding tert-OH is 1. The van der Waals surface area contributed by atoms with Crippen molar-refractivity contribution in [3.05, 3.63) is 30.1 Å². The minimum atomic E-state index is -0.601. The lowest BCUT2D eigenvalue weighted by Crippen LogP contribution is -2.47. The number of hydrogen-bond donors (Lipinski definition) is 2. The van der Waals surface area contributed by atoms with Gasteiger partial charge in [-0.1, -0.05) is 38.2 Å². The Morgan fingerprint density at radius 2 is 2.00 bits per heavy atom. The third kappa shape index (κ3) is 4.75. The first-order valence-corrected chi connectivity index (χ1v) is 11.4. The molecule has 6 heteroatoms. The second-order valence-corrected chi connectivity index (χ2v) is 9.52. The summed E-state index contributed by atoms with van der Waals surface area (Å²) in [5.74, 6) is 1.83. The fourth-order valence-corrected chi connectivity index (χ4v) is 5.66. The average molecular weight is 400 g/mol.